The second-order valence-corrected chi connectivity index (χ2v) is 20.4. The van der Waals surface area contributed by atoms with E-state index in [1.807, 2.05) is 48.5 Å². The number of rotatable bonds is 22. The standard InChI is InChI=1S/2C25H37N5O8S.Gd/c2*1-18(39)26-20-4-2-19(3-5-20)12-21-13-29(16-24(35)36)9-8-27(14-22(31)32)6-7-28(15-23(33)34)10-11-30(21)17-25(37)38;/h2*2-5,21H,6-17H2,1H3,(H,26,39)(H,31,32)(H,33,34)(H,35,36)(H,37,38);. The van der Waals surface area contributed by atoms with Gasteiger partial charge < -0.3 is 51.5 Å². The molecule has 2 aliphatic rings. The molecule has 2 aromatic carbocycles. The number of carboxylic acid groups (broad SMARTS) is 8. The Labute approximate surface area is 501 Å². The molecule has 440 valence electrons. The first-order valence-electron chi connectivity index (χ1n) is 25.1. The molecule has 2 atom stereocenters. The minimum atomic E-state index is -1.05. The number of nitrogens with one attached hydrogen (secondary N) is 2. The predicted molar refractivity (Wildman–Crippen MR) is 295 cm³/mol. The fraction of sp³-hybridized carbons (Fsp3) is 0.560. The van der Waals surface area contributed by atoms with Crippen molar-refractivity contribution in [2.75, 3.05) is 155 Å². The van der Waals surface area contributed by atoms with E-state index in [1.54, 1.807) is 53.0 Å². The number of benzene rings is 2. The number of nitrogens with zero attached hydrogens (tertiary/aromatic N) is 8. The van der Waals surface area contributed by atoms with Gasteiger partial charge in [-0.25, -0.2) is 0 Å². The summed E-state index contributed by atoms with van der Waals surface area (Å²) in [6.45, 7) is 4.70. The first kappa shape index (κ1) is 70.1. The molecule has 0 spiro atoms. The van der Waals surface area contributed by atoms with E-state index in [2.05, 4.69) is 10.6 Å². The molecule has 2 aromatic rings. The molecule has 2 aliphatic heterocycles. The molecule has 0 aromatic heterocycles. The molecule has 0 saturated carbocycles. The van der Waals surface area contributed by atoms with Crippen molar-refractivity contribution < 1.29 is 119 Å². The van der Waals surface area contributed by atoms with Crippen LogP contribution in [0.1, 0.15) is 25.0 Å². The van der Waals surface area contributed by atoms with E-state index in [4.69, 9.17) is 24.4 Å². The Morgan fingerprint density at radius 2 is 0.595 bits per heavy atom. The minimum Gasteiger partial charge on any atom is -0.480 e. The van der Waals surface area contributed by atoms with Crippen molar-refractivity contribution in [3.63, 3.8) is 0 Å². The molecule has 10 N–H and O–H groups in total. The summed E-state index contributed by atoms with van der Waals surface area (Å²) in [6.07, 6.45) is 0.829. The number of carboxylic acids is 8. The van der Waals surface area contributed by atoms with Gasteiger partial charge in [0.25, 0.3) is 0 Å². The summed E-state index contributed by atoms with van der Waals surface area (Å²) in [5, 5.41) is 82.0. The SMILES string of the molecule is CC(=S)Nc1ccc(CC2CN(CC(=O)O)CCN(CC(=O)O)CCN(CC(=O)O)CCN2CC(=O)O)cc1.CC(=S)Nc1ccc(CC2CN(CC(=O)O)CCN(CC(=O)O)CCN(CC(=O)O)CCN2CC(=O)O)cc1.[Gd]. The second-order valence-electron chi connectivity index (χ2n) is 19.1. The Morgan fingerprint density at radius 3 is 0.823 bits per heavy atom. The Hall–Kier alpha value is -5.02. The Balaban J connectivity index is 0.000000533. The van der Waals surface area contributed by atoms with Gasteiger partial charge in [-0.1, -0.05) is 48.7 Å². The zero-order valence-electron chi connectivity index (χ0n) is 44.3. The molecule has 0 amide bonds. The van der Waals surface area contributed by atoms with E-state index >= 15 is 0 Å². The second kappa shape index (κ2) is 37.1. The molecule has 26 nitrogen and oxygen atoms in total. The Kier molecular flexibility index (Phi) is 32.9. The summed E-state index contributed by atoms with van der Waals surface area (Å²) >= 11 is 10.2. The normalized spacial score (nSPS) is 18.7. The van der Waals surface area contributed by atoms with Gasteiger partial charge in [0.15, 0.2) is 0 Å². The molecule has 79 heavy (non-hydrogen) atoms. The van der Waals surface area contributed by atoms with Crippen molar-refractivity contribution in [2.24, 2.45) is 0 Å². The van der Waals surface area contributed by atoms with Crippen molar-refractivity contribution in [1.29, 1.82) is 0 Å². The van der Waals surface area contributed by atoms with Gasteiger partial charge in [0, 0.05) is 155 Å². The molecular weight excluding hydrogens is 1220 g/mol. The van der Waals surface area contributed by atoms with Gasteiger partial charge in [-0.2, -0.15) is 0 Å². The van der Waals surface area contributed by atoms with E-state index in [1.165, 1.54) is 0 Å². The van der Waals surface area contributed by atoms with Gasteiger partial charge in [-0.15, -0.1) is 0 Å². The molecule has 29 heteroatoms. The fourth-order valence-electron chi connectivity index (χ4n) is 9.11. The quantitative estimate of drug-likeness (QED) is 0.0685. The number of hydrogen-bond acceptors (Lipinski definition) is 18. The molecule has 2 saturated heterocycles. The zero-order chi connectivity index (χ0) is 57.9. The summed E-state index contributed by atoms with van der Waals surface area (Å²) < 4.78 is 0. The maximum Gasteiger partial charge on any atom is 0.317 e. The largest absolute Gasteiger partial charge is 0.480 e. The van der Waals surface area contributed by atoms with Crippen LogP contribution < -0.4 is 10.6 Å². The van der Waals surface area contributed by atoms with Gasteiger partial charge in [0.1, 0.15) is 0 Å². The number of anilines is 2. The van der Waals surface area contributed by atoms with Crippen molar-refractivity contribution in [1.82, 2.24) is 39.2 Å². The van der Waals surface area contributed by atoms with Crippen molar-refractivity contribution in [3.05, 3.63) is 59.7 Å². The molecule has 0 radical (unpaired) electrons. The van der Waals surface area contributed by atoms with Crippen LogP contribution in [0.25, 0.3) is 0 Å². The van der Waals surface area contributed by atoms with Crippen LogP contribution in [0.4, 0.5) is 11.4 Å². The van der Waals surface area contributed by atoms with Gasteiger partial charge >= 0.3 is 47.8 Å². The first-order valence-corrected chi connectivity index (χ1v) is 25.9. The Bertz CT molecular complexity index is 2180. The van der Waals surface area contributed by atoms with Gasteiger partial charge in [-0.05, 0) is 62.1 Å². The van der Waals surface area contributed by atoms with Crippen LogP contribution in [0.5, 0.6) is 0 Å². The third-order valence-electron chi connectivity index (χ3n) is 12.6. The number of thiocarbonyl (C=S) groups is 2. The number of hydrogen-bond donors (Lipinski definition) is 10. The average Bonchev–Trinajstić information content (AvgIpc) is 3.31. The summed E-state index contributed by atoms with van der Waals surface area (Å²) in [5.41, 5.74) is 3.42. The topological polar surface area (TPSA) is 348 Å². The van der Waals surface area contributed by atoms with Crippen molar-refractivity contribution in [2.45, 2.75) is 38.8 Å². The van der Waals surface area contributed by atoms with Crippen LogP contribution in [0, 0.1) is 39.9 Å². The zero-order valence-corrected chi connectivity index (χ0v) is 48.2. The van der Waals surface area contributed by atoms with E-state index < -0.39 is 59.8 Å². The number of carbonyl (C=O) groups is 8. The number of aliphatic carboxylic acids is 8. The predicted octanol–water partition coefficient (Wildman–Crippen LogP) is -0.166. The molecule has 2 unspecified atom stereocenters. The van der Waals surface area contributed by atoms with E-state index in [9.17, 15) is 79.2 Å². The third-order valence-corrected chi connectivity index (χ3v) is 12.8. The fourth-order valence-corrected chi connectivity index (χ4v) is 9.35. The molecule has 0 bridgehead atoms. The van der Waals surface area contributed by atoms with Crippen molar-refractivity contribution in [3.8, 4) is 0 Å². The van der Waals surface area contributed by atoms with E-state index in [-0.39, 0.29) is 184 Å². The van der Waals surface area contributed by atoms with E-state index in [0.29, 0.717) is 22.8 Å². The van der Waals surface area contributed by atoms with Gasteiger partial charge in [-0.3, -0.25) is 77.6 Å². The maximum atomic E-state index is 11.8. The van der Waals surface area contributed by atoms with Crippen LogP contribution in [-0.4, -0.2) is 294 Å². The Morgan fingerprint density at radius 1 is 0.380 bits per heavy atom. The van der Waals surface area contributed by atoms with Gasteiger partial charge in [0.2, 0.25) is 0 Å². The van der Waals surface area contributed by atoms with Crippen LogP contribution in [0.3, 0.4) is 0 Å². The summed E-state index contributed by atoms with van der Waals surface area (Å²) in [7, 11) is 0. The molecular formula is C50H74GdN10O16S2. The molecule has 4 rings (SSSR count). The van der Waals surface area contributed by atoms with Crippen LogP contribution in [0.15, 0.2) is 48.5 Å². The van der Waals surface area contributed by atoms with Crippen molar-refractivity contribution >= 4 is 93.5 Å². The third kappa shape index (κ3) is 31.0. The van der Waals surface area contributed by atoms with Crippen LogP contribution >= 0.6 is 24.4 Å². The monoisotopic (exact) mass is 1290 g/mol. The maximum absolute atomic E-state index is 11.8. The first-order chi connectivity index (χ1) is 36.8. The molecule has 2 fully saturated rings. The summed E-state index contributed by atoms with van der Waals surface area (Å²) in [5.74, 6) is -8.35. The van der Waals surface area contributed by atoms with E-state index in [0.717, 1.165) is 22.5 Å². The van der Waals surface area contributed by atoms with Crippen LogP contribution in [0.2, 0.25) is 0 Å². The smallest absolute Gasteiger partial charge is 0.317 e. The summed E-state index contributed by atoms with van der Waals surface area (Å²) in [4.78, 5) is 107. The minimum absolute atomic E-state index is 0. The summed E-state index contributed by atoms with van der Waals surface area (Å²) in [6, 6.07) is 14.2. The molecule has 0 aliphatic carbocycles. The average molecular weight is 1290 g/mol. The van der Waals surface area contributed by atoms with Crippen LogP contribution in [-0.2, 0) is 51.2 Å². The van der Waals surface area contributed by atoms with Gasteiger partial charge in [0.05, 0.1) is 62.3 Å². The molecule has 2 heterocycles.